The van der Waals surface area contributed by atoms with Crippen LogP contribution in [0.1, 0.15) is 24.1 Å². The Hall–Kier alpha value is -3.16. The third kappa shape index (κ3) is 6.99. The van der Waals surface area contributed by atoms with Gasteiger partial charge in [-0.2, -0.15) is 26.3 Å². The molecule has 0 N–H and O–H groups in total. The predicted molar refractivity (Wildman–Crippen MR) is 123 cm³/mol. The highest BCUT2D eigenvalue weighted by molar-refractivity contribution is 5.76. The van der Waals surface area contributed by atoms with Crippen LogP contribution in [-0.4, -0.2) is 89.6 Å². The summed E-state index contributed by atoms with van der Waals surface area (Å²) in [6.45, 7) is 4.63. The quantitative estimate of drug-likeness (QED) is 0.550. The van der Waals surface area contributed by atoms with Crippen LogP contribution in [0.15, 0.2) is 30.6 Å². The van der Waals surface area contributed by atoms with Crippen LogP contribution in [0, 0.1) is 0 Å². The van der Waals surface area contributed by atoms with Gasteiger partial charge in [0.25, 0.3) is 0 Å². The first-order chi connectivity index (χ1) is 17.5. The summed E-state index contributed by atoms with van der Waals surface area (Å²) < 4.78 is 77.1. The number of aromatic nitrogens is 3. The molecule has 1 amide bonds. The maximum atomic E-state index is 12.9. The fraction of sp³-hybridized carbons (Fsp3) is 0.565. The number of rotatable bonds is 5. The van der Waals surface area contributed by atoms with Gasteiger partial charge >= 0.3 is 12.4 Å². The summed E-state index contributed by atoms with van der Waals surface area (Å²) in [5, 5.41) is 0. The lowest BCUT2D eigenvalue weighted by molar-refractivity contribution is -0.141. The average Bonchev–Trinajstić information content (AvgIpc) is 3.13. The molecule has 202 valence electrons. The van der Waals surface area contributed by atoms with E-state index in [-0.39, 0.29) is 11.9 Å². The second-order valence-corrected chi connectivity index (χ2v) is 8.94. The zero-order valence-electron chi connectivity index (χ0n) is 20.0. The second kappa shape index (κ2) is 11.1. The minimum atomic E-state index is -4.53. The normalized spacial score (nSPS) is 18.2. The third-order valence-electron chi connectivity index (χ3n) is 6.48. The van der Waals surface area contributed by atoms with Crippen LogP contribution < -0.4 is 9.80 Å². The van der Waals surface area contributed by atoms with Gasteiger partial charge in [0, 0.05) is 77.7 Å². The van der Waals surface area contributed by atoms with Crippen molar-refractivity contribution in [1.29, 1.82) is 0 Å². The fourth-order valence-corrected chi connectivity index (χ4v) is 4.38. The lowest BCUT2D eigenvalue weighted by Gasteiger charge is -2.35. The molecule has 0 radical (unpaired) electrons. The summed E-state index contributed by atoms with van der Waals surface area (Å²) in [6.07, 6.45) is -6.07. The van der Waals surface area contributed by atoms with E-state index < -0.39 is 23.6 Å². The number of nitrogens with zero attached hydrogens (tertiary/aromatic N) is 7. The van der Waals surface area contributed by atoms with Crippen molar-refractivity contribution in [3.05, 3.63) is 41.9 Å². The molecule has 0 aromatic carbocycles. The molecule has 37 heavy (non-hydrogen) atoms. The van der Waals surface area contributed by atoms with E-state index in [0.717, 1.165) is 24.5 Å². The molecule has 0 saturated carbocycles. The van der Waals surface area contributed by atoms with Crippen LogP contribution in [0.2, 0.25) is 0 Å². The minimum Gasteiger partial charge on any atom is -0.355 e. The Morgan fingerprint density at radius 2 is 1.54 bits per heavy atom. The molecule has 8 nitrogen and oxygen atoms in total. The molecule has 2 aliphatic rings. The standard InChI is InChI=1S/C23H27F6N7O/c24-22(25,26)17-2-3-19(31-16-17)34-7-1-8-35(15-14-34)20(37)5-9-33-10-12-36(13-11-33)21-30-6-4-18(32-21)23(27,28)29/h2-4,6,16H,1,5,7-15H2. The zero-order valence-corrected chi connectivity index (χ0v) is 20.0. The molecule has 2 aromatic heterocycles. The largest absolute Gasteiger partial charge is 0.433 e. The van der Waals surface area contributed by atoms with Gasteiger partial charge in [-0.25, -0.2) is 15.0 Å². The summed E-state index contributed by atoms with van der Waals surface area (Å²) in [5.74, 6) is 0.484. The van der Waals surface area contributed by atoms with Gasteiger partial charge in [0.1, 0.15) is 11.5 Å². The van der Waals surface area contributed by atoms with Crippen molar-refractivity contribution in [2.45, 2.75) is 25.2 Å². The molecule has 0 bridgehead atoms. The number of pyridine rings is 1. The summed E-state index contributed by atoms with van der Waals surface area (Å²) in [6, 6.07) is 3.20. The molecular weight excluding hydrogens is 504 g/mol. The van der Waals surface area contributed by atoms with Crippen molar-refractivity contribution in [1.82, 2.24) is 24.8 Å². The highest BCUT2D eigenvalue weighted by Crippen LogP contribution is 2.30. The van der Waals surface area contributed by atoms with E-state index in [1.807, 2.05) is 4.90 Å². The van der Waals surface area contributed by atoms with E-state index in [1.54, 1.807) is 9.80 Å². The highest BCUT2D eigenvalue weighted by atomic mass is 19.4. The van der Waals surface area contributed by atoms with E-state index in [9.17, 15) is 31.1 Å². The van der Waals surface area contributed by atoms with E-state index in [1.165, 1.54) is 6.07 Å². The van der Waals surface area contributed by atoms with Gasteiger partial charge in [0.15, 0.2) is 0 Å². The van der Waals surface area contributed by atoms with Gasteiger partial charge < -0.3 is 14.7 Å². The first-order valence-corrected chi connectivity index (χ1v) is 11.9. The Kier molecular flexibility index (Phi) is 8.05. The Labute approximate surface area is 209 Å². The number of amides is 1. The molecule has 2 saturated heterocycles. The van der Waals surface area contributed by atoms with Crippen molar-refractivity contribution >= 4 is 17.7 Å². The summed E-state index contributed by atoms with van der Waals surface area (Å²) >= 11 is 0. The third-order valence-corrected chi connectivity index (χ3v) is 6.48. The Morgan fingerprint density at radius 1 is 0.811 bits per heavy atom. The monoisotopic (exact) mass is 531 g/mol. The smallest absolute Gasteiger partial charge is 0.355 e. The molecule has 2 aromatic rings. The molecule has 14 heteroatoms. The first kappa shape index (κ1) is 26.9. The van der Waals surface area contributed by atoms with Crippen molar-refractivity contribution < 1.29 is 31.1 Å². The number of anilines is 2. The number of hydrogen-bond donors (Lipinski definition) is 0. The van der Waals surface area contributed by atoms with E-state index in [0.29, 0.717) is 77.6 Å². The van der Waals surface area contributed by atoms with E-state index >= 15 is 0 Å². The Morgan fingerprint density at radius 3 is 2.19 bits per heavy atom. The zero-order chi connectivity index (χ0) is 26.6. The predicted octanol–water partition coefficient (Wildman–Crippen LogP) is 3.16. The molecule has 0 unspecified atom stereocenters. The number of carbonyl (C=O) groups is 1. The van der Waals surface area contributed by atoms with Crippen molar-refractivity contribution in [3.63, 3.8) is 0 Å². The topological polar surface area (TPSA) is 68.7 Å². The Bertz CT molecular complexity index is 1050. The summed E-state index contributed by atoms with van der Waals surface area (Å²) in [4.78, 5) is 31.8. The number of hydrogen-bond acceptors (Lipinski definition) is 7. The van der Waals surface area contributed by atoms with Gasteiger partial charge in [-0.1, -0.05) is 0 Å². The van der Waals surface area contributed by atoms with Gasteiger partial charge in [0.05, 0.1) is 5.56 Å². The van der Waals surface area contributed by atoms with Crippen LogP contribution in [0.4, 0.5) is 38.1 Å². The van der Waals surface area contributed by atoms with Crippen molar-refractivity contribution in [2.24, 2.45) is 0 Å². The molecular formula is C23H27F6N7O. The number of carbonyl (C=O) groups excluding carboxylic acids is 1. The first-order valence-electron chi connectivity index (χ1n) is 11.9. The summed E-state index contributed by atoms with van der Waals surface area (Å²) in [5.41, 5.74) is -1.78. The fourth-order valence-electron chi connectivity index (χ4n) is 4.38. The van der Waals surface area contributed by atoms with Gasteiger partial charge in [-0.15, -0.1) is 0 Å². The number of alkyl halides is 6. The van der Waals surface area contributed by atoms with Crippen LogP contribution in [-0.2, 0) is 17.1 Å². The SMILES string of the molecule is O=C(CCN1CCN(c2nccc(C(F)(F)F)n2)CC1)N1CCCN(c2ccc(C(F)(F)F)cn2)CC1. The Balaban J connectivity index is 1.22. The lowest BCUT2D eigenvalue weighted by atomic mass is 10.2. The molecule has 0 aliphatic carbocycles. The van der Waals surface area contributed by atoms with Crippen LogP contribution in [0.3, 0.4) is 0 Å². The molecule has 0 atom stereocenters. The highest BCUT2D eigenvalue weighted by Gasteiger charge is 2.34. The molecule has 4 rings (SSSR count). The second-order valence-electron chi connectivity index (χ2n) is 8.94. The average molecular weight is 532 g/mol. The molecule has 4 heterocycles. The minimum absolute atomic E-state index is 0.00845. The van der Waals surface area contributed by atoms with Crippen LogP contribution in [0.25, 0.3) is 0 Å². The van der Waals surface area contributed by atoms with E-state index in [2.05, 4.69) is 19.9 Å². The van der Waals surface area contributed by atoms with Crippen LogP contribution in [0.5, 0.6) is 0 Å². The summed E-state index contributed by atoms with van der Waals surface area (Å²) in [7, 11) is 0. The van der Waals surface area contributed by atoms with Gasteiger partial charge in [0.2, 0.25) is 11.9 Å². The van der Waals surface area contributed by atoms with E-state index in [4.69, 9.17) is 0 Å². The van der Waals surface area contributed by atoms with Crippen LogP contribution >= 0.6 is 0 Å². The lowest BCUT2D eigenvalue weighted by Crippen LogP contribution is -2.48. The van der Waals surface area contributed by atoms with Crippen molar-refractivity contribution in [2.75, 3.05) is 68.7 Å². The maximum Gasteiger partial charge on any atom is 0.433 e. The van der Waals surface area contributed by atoms with Gasteiger partial charge in [-0.3, -0.25) is 9.69 Å². The molecule has 2 aliphatic heterocycles. The number of piperazine rings is 1. The molecule has 2 fully saturated rings. The van der Waals surface area contributed by atoms with Gasteiger partial charge in [-0.05, 0) is 24.6 Å². The molecule has 0 spiro atoms. The number of halogens is 6. The maximum absolute atomic E-state index is 12.9. The van der Waals surface area contributed by atoms with Crippen molar-refractivity contribution in [3.8, 4) is 0 Å².